The molecule has 0 radical (unpaired) electrons. The first-order chi connectivity index (χ1) is 10.6. The lowest BCUT2D eigenvalue weighted by Gasteiger charge is -2.27. The fraction of sp³-hybridized carbons (Fsp3) is 0.562. The molecular weight excluding hydrogens is 296 g/mol. The van der Waals surface area contributed by atoms with Gasteiger partial charge < -0.3 is 13.3 Å². The molecule has 1 unspecified atom stereocenters. The average molecular weight is 322 g/mol. The van der Waals surface area contributed by atoms with Gasteiger partial charge in [-0.3, -0.25) is 9.89 Å². The highest BCUT2D eigenvalue weighted by Gasteiger charge is 2.37. The summed E-state index contributed by atoms with van der Waals surface area (Å²) in [5.74, 6) is 0. The molecule has 2 rings (SSSR count). The van der Waals surface area contributed by atoms with Crippen LogP contribution < -0.4 is 0 Å². The molecule has 0 bridgehead atoms. The highest BCUT2D eigenvalue weighted by Crippen LogP contribution is 2.28. The van der Waals surface area contributed by atoms with Crippen LogP contribution in [0.3, 0.4) is 0 Å². The van der Waals surface area contributed by atoms with Crippen LogP contribution in [-0.4, -0.2) is 53.8 Å². The van der Waals surface area contributed by atoms with Crippen molar-refractivity contribution in [1.29, 1.82) is 0 Å². The van der Waals surface area contributed by atoms with Gasteiger partial charge in [0.1, 0.15) is 6.17 Å². The third-order valence-corrected chi connectivity index (χ3v) is 6.91. The Hall–Kier alpha value is -1.05. The van der Waals surface area contributed by atoms with Gasteiger partial charge in [0.25, 0.3) is 0 Å². The largest absolute Gasteiger partial charge is 0.500 e. The molecule has 0 aromatic heterocycles. The Kier molecular flexibility index (Phi) is 6.28. The van der Waals surface area contributed by atoms with Gasteiger partial charge in [-0.15, -0.1) is 0 Å². The molecule has 1 aliphatic heterocycles. The summed E-state index contributed by atoms with van der Waals surface area (Å²) in [5.41, 5.74) is 2.43. The number of rotatable bonds is 8. The molecule has 122 valence electrons. The van der Waals surface area contributed by atoms with E-state index < -0.39 is 8.80 Å². The van der Waals surface area contributed by atoms with Crippen LogP contribution in [0, 0.1) is 0 Å². The number of benzene rings is 1. The molecule has 1 aliphatic rings. The number of nitrogens with zero attached hydrogens (tertiary/aromatic N) is 2. The molecular formula is C16H26N2O3Si. The van der Waals surface area contributed by atoms with Gasteiger partial charge in [-0.05, 0) is 18.9 Å². The van der Waals surface area contributed by atoms with E-state index in [9.17, 15) is 0 Å². The van der Waals surface area contributed by atoms with Crippen molar-refractivity contribution >= 4 is 14.5 Å². The Morgan fingerprint density at radius 1 is 1.14 bits per heavy atom. The second-order valence-electron chi connectivity index (χ2n) is 5.52. The maximum Gasteiger partial charge on any atom is 0.500 e. The van der Waals surface area contributed by atoms with E-state index in [0.717, 1.165) is 25.6 Å². The summed E-state index contributed by atoms with van der Waals surface area (Å²) in [6, 6.07) is 11.3. The van der Waals surface area contributed by atoms with E-state index >= 15 is 0 Å². The second kappa shape index (κ2) is 7.98. The summed E-state index contributed by atoms with van der Waals surface area (Å²) in [6.07, 6.45) is 1.10. The Bertz CT molecular complexity index is 483. The minimum absolute atomic E-state index is 0.130. The average Bonchev–Trinajstić information content (AvgIpc) is 2.94. The molecule has 1 aromatic carbocycles. The fourth-order valence-corrected chi connectivity index (χ4v) is 4.58. The highest BCUT2D eigenvalue weighted by atomic mass is 28.4. The molecule has 1 atom stereocenters. The van der Waals surface area contributed by atoms with E-state index in [0.29, 0.717) is 0 Å². The van der Waals surface area contributed by atoms with E-state index in [1.54, 1.807) is 21.3 Å². The lowest BCUT2D eigenvalue weighted by molar-refractivity contribution is 0.121. The van der Waals surface area contributed by atoms with Gasteiger partial charge in [-0.2, -0.15) is 0 Å². The minimum atomic E-state index is -2.47. The third kappa shape index (κ3) is 4.02. The smallest absolute Gasteiger partial charge is 0.377 e. The van der Waals surface area contributed by atoms with Crippen molar-refractivity contribution in [3.05, 3.63) is 35.9 Å². The molecule has 1 heterocycles. The molecule has 0 saturated heterocycles. The molecule has 0 amide bonds. The maximum atomic E-state index is 5.48. The van der Waals surface area contributed by atoms with Gasteiger partial charge in [0, 0.05) is 46.2 Å². The van der Waals surface area contributed by atoms with Gasteiger partial charge in [0.05, 0.1) is 0 Å². The van der Waals surface area contributed by atoms with Crippen LogP contribution in [0.4, 0.5) is 0 Å². The van der Waals surface area contributed by atoms with Crippen LogP contribution in [0.25, 0.3) is 0 Å². The van der Waals surface area contributed by atoms with Crippen LogP contribution >= 0.6 is 0 Å². The second-order valence-corrected chi connectivity index (χ2v) is 8.61. The zero-order chi connectivity index (χ0) is 16.0. The van der Waals surface area contributed by atoms with Crippen molar-refractivity contribution in [2.75, 3.05) is 34.4 Å². The quantitative estimate of drug-likeness (QED) is 0.690. The molecule has 22 heavy (non-hydrogen) atoms. The minimum Gasteiger partial charge on any atom is -0.377 e. The normalized spacial score (nSPS) is 19.5. The number of hydrogen-bond acceptors (Lipinski definition) is 5. The molecule has 0 spiro atoms. The first-order valence-electron chi connectivity index (χ1n) is 7.62. The first-order valence-corrected chi connectivity index (χ1v) is 9.55. The van der Waals surface area contributed by atoms with Crippen LogP contribution in [0.2, 0.25) is 6.04 Å². The van der Waals surface area contributed by atoms with Crippen LogP contribution in [0.5, 0.6) is 0 Å². The standard InChI is InChI=1S/C16H26N2O3Si/c1-14-13-18(11-8-12-22(19-2,20-3)21-4)16(17-14)15-9-6-5-7-10-15/h5-7,9-10,16H,8,11-13H2,1-4H3. The fourth-order valence-electron chi connectivity index (χ4n) is 2.88. The van der Waals surface area contributed by atoms with Crippen molar-refractivity contribution < 1.29 is 13.3 Å². The topological polar surface area (TPSA) is 43.3 Å². The van der Waals surface area contributed by atoms with E-state index in [-0.39, 0.29) is 6.17 Å². The van der Waals surface area contributed by atoms with E-state index in [2.05, 4.69) is 36.1 Å². The molecule has 0 aliphatic carbocycles. The summed E-state index contributed by atoms with van der Waals surface area (Å²) < 4.78 is 16.4. The van der Waals surface area contributed by atoms with Crippen LogP contribution in [0.15, 0.2) is 35.3 Å². The zero-order valence-corrected chi connectivity index (χ0v) is 14.9. The lowest BCUT2D eigenvalue weighted by atomic mass is 10.1. The summed E-state index contributed by atoms with van der Waals surface area (Å²) >= 11 is 0. The third-order valence-electron chi connectivity index (χ3n) is 4.08. The Balaban J connectivity index is 1.95. The van der Waals surface area contributed by atoms with Crippen molar-refractivity contribution in [3.8, 4) is 0 Å². The summed E-state index contributed by atoms with van der Waals surface area (Å²) in [5, 5.41) is 0. The SMILES string of the molecule is CO[Si](CCCN1CC(C)=NC1c1ccccc1)(OC)OC. The molecule has 0 saturated carbocycles. The van der Waals surface area contributed by atoms with Gasteiger partial charge >= 0.3 is 8.80 Å². The van der Waals surface area contributed by atoms with Crippen molar-refractivity contribution in [2.24, 2.45) is 4.99 Å². The number of aliphatic imine (C=N–C) groups is 1. The molecule has 0 N–H and O–H groups in total. The molecule has 0 fully saturated rings. The monoisotopic (exact) mass is 322 g/mol. The Morgan fingerprint density at radius 3 is 2.36 bits per heavy atom. The summed E-state index contributed by atoms with van der Waals surface area (Å²) in [7, 11) is 2.51. The van der Waals surface area contributed by atoms with Gasteiger partial charge in [-0.1, -0.05) is 30.3 Å². The van der Waals surface area contributed by atoms with E-state index in [1.807, 2.05) is 6.07 Å². The summed E-state index contributed by atoms with van der Waals surface area (Å²) in [6.45, 7) is 3.96. The van der Waals surface area contributed by atoms with Crippen molar-refractivity contribution in [2.45, 2.75) is 25.6 Å². The number of hydrogen-bond donors (Lipinski definition) is 0. The van der Waals surface area contributed by atoms with Gasteiger partial charge in [0.2, 0.25) is 0 Å². The highest BCUT2D eigenvalue weighted by molar-refractivity contribution is 6.60. The Morgan fingerprint density at radius 2 is 1.77 bits per heavy atom. The van der Waals surface area contributed by atoms with Gasteiger partial charge in [-0.25, -0.2) is 0 Å². The first kappa shape index (κ1) is 17.3. The predicted molar refractivity (Wildman–Crippen MR) is 90.1 cm³/mol. The molecule has 6 heteroatoms. The Labute approximate surface area is 134 Å². The molecule has 1 aromatic rings. The zero-order valence-electron chi connectivity index (χ0n) is 13.9. The van der Waals surface area contributed by atoms with E-state index in [1.165, 1.54) is 11.3 Å². The van der Waals surface area contributed by atoms with Crippen molar-refractivity contribution in [3.63, 3.8) is 0 Å². The molecule has 5 nitrogen and oxygen atoms in total. The van der Waals surface area contributed by atoms with Gasteiger partial charge in [0.15, 0.2) is 0 Å². The maximum absolute atomic E-state index is 5.48. The van der Waals surface area contributed by atoms with Crippen molar-refractivity contribution in [1.82, 2.24) is 4.90 Å². The van der Waals surface area contributed by atoms with Crippen LogP contribution in [0.1, 0.15) is 25.1 Å². The lowest BCUT2D eigenvalue weighted by Crippen LogP contribution is -2.43. The predicted octanol–water partition coefficient (Wildman–Crippen LogP) is 2.73. The summed E-state index contributed by atoms with van der Waals surface area (Å²) in [4.78, 5) is 7.17. The van der Waals surface area contributed by atoms with Crippen LogP contribution in [-0.2, 0) is 13.3 Å². The van der Waals surface area contributed by atoms with E-state index in [4.69, 9.17) is 18.3 Å².